The lowest BCUT2D eigenvalue weighted by molar-refractivity contribution is 0.0105. The van der Waals surface area contributed by atoms with Crippen molar-refractivity contribution in [1.82, 2.24) is 10.2 Å². The van der Waals surface area contributed by atoms with E-state index in [1.165, 1.54) is 25.8 Å². The minimum atomic E-state index is 0.341. The average molecular weight is 240 g/mol. The summed E-state index contributed by atoms with van der Waals surface area (Å²) >= 11 is 0. The second-order valence-corrected chi connectivity index (χ2v) is 6.11. The van der Waals surface area contributed by atoms with E-state index >= 15 is 0 Å². The summed E-state index contributed by atoms with van der Waals surface area (Å²) < 4.78 is 5.38. The van der Waals surface area contributed by atoms with Gasteiger partial charge in [0.1, 0.15) is 0 Å². The van der Waals surface area contributed by atoms with Crippen LogP contribution in [0.4, 0.5) is 0 Å². The molecule has 2 fully saturated rings. The summed E-state index contributed by atoms with van der Waals surface area (Å²) in [5.41, 5.74) is 0.341. The van der Waals surface area contributed by atoms with E-state index in [9.17, 15) is 0 Å². The molecule has 100 valence electrons. The van der Waals surface area contributed by atoms with Gasteiger partial charge in [-0.2, -0.15) is 0 Å². The highest BCUT2D eigenvalue weighted by molar-refractivity contribution is 5.04. The van der Waals surface area contributed by atoms with Gasteiger partial charge in [-0.25, -0.2) is 0 Å². The lowest BCUT2D eigenvalue weighted by Gasteiger charge is -2.48. The monoisotopic (exact) mass is 240 g/mol. The van der Waals surface area contributed by atoms with Crippen LogP contribution in [0.2, 0.25) is 0 Å². The summed E-state index contributed by atoms with van der Waals surface area (Å²) in [7, 11) is 1.82. The second-order valence-electron chi connectivity index (χ2n) is 6.11. The van der Waals surface area contributed by atoms with Crippen molar-refractivity contribution in [3.05, 3.63) is 0 Å². The molecule has 2 aliphatic rings. The topological polar surface area (TPSA) is 24.5 Å². The predicted octanol–water partition coefficient (Wildman–Crippen LogP) is 1.87. The molecule has 1 saturated heterocycles. The summed E-state index contributed by atoms with van der Waals surface area (Å²) in [6, 6.07) is 1.21. The quantitative estimate of drug-likeness (QED) is 0.794. The molecule has 0 spiro atoms. The van der Waals surface area contributed by atoms with Gasteiger partial charge in [0.2, 0.25) is 0 Å². The van der Waals surface area contributed by atoms with Crippen LogP contribution in [0.3, 0.4) is 0 Å². The molecule has 1 N–H and O–H groups in total. The fraction of sp³-hybridized carbons (Fsp3) is 1.00. The highest BCUT2D eigenvalue weighted by atomic mass is 16.5. The third-order valence-electron chi connectivity index (χ3n) is 4.66. The van der Waals surface area contributed by atoms with Gasteiger partial charge >= 0.3 is 0 Å². The normalized spacial score (nSPS) is 37.1. The standard InChI is InChI=1S/C14H28N2O/c1-5-13(9-17-4)16-10-14(3,12-6-7-12)15-8-11(16)2/h11-13,15H,5-10H2,1-4H3. The molecule has 1 aliphatic heterocycles. The van der Waals surface area contributed by atoms with Crippen molar-refractivity contribution in [2.24, 2.45) is 5.92 Å². The lowest BCUT2D eigenvalue weighted by atomic mass is 9.90. The van der Waals surface area contributed by atoms with Crippen LogP contribution in [0.5, 0.6) is 0 Å². The number of hydrogen-bond donors (Lipinski definition) is 1. The second kappa shape index (κ2) is 5.25. The first kappa shape index (κ1) is 13.3. The number of nitrogens with one attached hydrogen (secondary N) is 1. The van der Waals surface area contributed by atoms with Crippen molar-refractivity contribution in [2.45, 2.75) is 57.7 Å². The van der Waals surface area contributed by atoms with Crippen molar-refractivity contribution in [3.8, 4) is 0 Å². The van der Waals surface area contributed by atoms with Crippen LogP contribution in [-0.4, -0.2) is 49.3 Å². The Morgan fingerprint density at radius 2 is 2.18 bits per heavy atom. The number of piperazine rings is 1. The Hall–Kier alpha value is -0.120. The Bertz CT molecular complexity index is 255. The molecule has 0 radical (unpaired) electrons. The van der Waals surface area contributed by atoms with Gasteiger partial charge in [0.25, 0.3) is 0 Å². The van der Waals surface area contributed by atoms with Crippen LogP contribution in [0.25, 0.3) is 0 Å². The first-order valence-corrected chi connectivity index (χ1v) is 7.10. The maximum absolute atomic E-state index is 5.38. The molecule has 0 amide bonds. The van der Waals surface area contributed by atoms with Crippen molar-refractivity contribution in [2.75, 3.05) is 26.8 Å². The van der Waals surface area contributed by atoms with Gasteiger partial charge in [0.15, 0.2) is 0 Å². The predicted molar refractivity (Wildman–Crippen MR) is 71.3 cm³/mol. The third kappa shape index (κ3) is 2.83. The summed E-state index contributed by atoms with van der Waals surface area (Å²) in [6.45, 7) is 10.2. The van der Waals surface area contributed by atoms with Gasteiger partial charge in [-0.3, -0.25) is 4.90 Å². The van der Waals surface area contributed by atoms with Crippen molar-refractivity contribution in [1.29, 1.82) is 0 Å². The molecule has 0 aromatic rings. The Morgan fingerprint density at radius 3 is 2.71 bits per heavy atom. The highest BCUT2D eigenvalue weighted by Crippen LogP contribution is 2.41. The number of ether oxygens (including phenoxy) is 1. The molecule has 0 aromatic heterocycles. The first-order valence-electron chi connectivity index (χ1n) is 7.10. The zero-order valence-electron chi connectivity index (χ0n) is 11.8. The van der Waals surface area contributed by atoms with Crippen LogP contribution in [0, 0.1) is 5.92 Å². The number of methoxy groups -OCH3 is 1. The zero-order valence-corrected chi connectivity index (χ0v) is 11.8. The van der Waals surface area contributed by atoms with Crippen LogP contribution in [0.15, 0.2) is 0 Å². The fourth-order valence-electron chi connectivity index (χ4n) is 3.21. The summed E-state index contributed by atoms with van der Waals surface area (Å²) in [6.07, 6.45) is 4.00. The Kier molecular flexibility index (Phi) is 4.11. The molecule has 1 heterocycles. The molecular weight excluding hydrogens is 212 g/mol. The van der Waals surface area contributed by atoms with Gasteiger partial charge in [-0.05, 0) is 39.0 Å². The van der Waals surface area contributed by atoms with Gasteiger partial charge in [-0.1, -0.05) is 6.92 Å². The van der Waals surface area contributed by atoms with Crippen molar-refractivity contribution < 1.29 is 4.74 Å². The maximum Gasteiger partial charge on any atom is 0.0618 e. The van der Waals surface area contributed by atoms with E-state index < -0.39 is 0 Å². The third-order valence-corrected chi connectivity index (χ3v) is 4.66. The number of rotatable bonds is 5. The Balaban J connectivity index is 2.02. The molecule has 0 bridgehead atoms. The highest BCUT2D eigenvalue weighted by Gasteiger charge is 2.46. The van der Waals surface area contributed by atoms with E-state index in [2.05, 4.69) is 31.0 Å². The molecule has 1 saturated carbocycles. The smallest absolute Gasteiger partial charge is 0.0618 e. The summed E-state index contributed by atoms with van der Waals surface area (Å²) in [5, 5.41) is 3.78. The van der Waals surface area contributed by atoms with E-state index in [1.54, 1.807) is 0 Å². The van der Waals surface area contributed by atoms with Crippen LogP contribution in [0.1, 0.15) is 40.0 Å². The van der Waals surface area contributed by atoms with Crippen LogP contribution >= 0.6 is 0 Å². The summed E-state index contributed by atoms with van der Waals surface area (Å²) in [5.74, 6) is 0.901. The zero-order chi connectivity index (χ0) is 12.5. The van der Waals surface area contributed by atoms with Gasteiger partial charge in [-0.15, -0.1) is 0 Å². The van der Waals surface area contributed by atoms with E-state index in [4.69, 9.17) is 4.74 Å². The molecule has 2 rings (SSSR count). The largest absolute Gasteiger partial charge is 0.383 e. The average Bonchev–Trinajstić information content (AvgIpc) is 3.14. The van der Waals surface area contributed by atoms with Gasteiger partial charge in [0, 0.05) is 37.8 Å². The fourth-order valence-corrected chi connectivity index (χ4v) is 3.21. The van der Waals surface area contributed by atoms with Crippen molar-refractivity contribution in [3.63, 3.8) is 0 Å². The van der Waals surface area contributed by atoms with E-state index in [1.807, 2.05) is 7.11 Å². The van der Waals surface area contributed by atoms with Crippen LogP contribution in [-0.2, 0) is 4.74 Å². The molecule has 0 aromatic carbocycles. The maximum atomic E-state index is 5.38. The van der Waals surface area contributed by atoms with Gasteiger partial charge in [0.05, 0.1) is 6.61 Å². The number of nitrogens with zero attached hydrogens (tertiary/aromatic N) is 1. The molecule has 1 aliphatic carbocycles. The Labute approximate surface area is 106 Å². The molecule has 17 heavy (non-hydrogen) atoms. The Morgan fingerprint density at radius 1 is 1.47 bits per heavy atom. The minimum absolute atomic E-state index is 0.341. The lowest BCUT2D eigenvalue weighted by Crippen LogP contribution is -2.65. The summed E-state index contributed by atoms with van der Waals surface area (Å²) in [4.78, 5) is 2.66. The molecular formula is C14H28N2O. The molecule has 3 atom stereocenters. The molecule has 3 heteroatoms. The molecule has 3 nitrogen and oxygen atoms in total. The number of hydrogen-bond acceptors (Lipinski definition) is 3. The van der Waals surface area contributed by atoms with E-state index in [0.717, 1.165) is 19.1 Å². The van der Waals surface area contributed by atoms with E-state index in [-0.39, 0.29) is 0 Å². The first-order chi connectivity index (χ1) is 8.10. The van der Waals surface area contributed by atoms with Gasteiger partial charge < -0.3 is 10.1 Å². The van der Waals surface area contributed by atoms with Crippen LogP contribution < -0.4 is 5.32 Å². The van der Waals surface area contributed by atoms with Crippen molar-refractivity contribution >= 4 is 0 Å². The SMILES string of the molecule is CCC(COC)N1CC(C)(C2CC2)NCC1C. The van der Waals surface area contributed by atoms with E-state index in [0.29, 0.717) is 17.6 Å². The molecule has 3 unspecified atom stereocenters. The minimum Gasteiger partial charge on any atom is -0.383 e.